The van der Waals surface area contributed by atoms with E-state index in [4.69, 9.17) is 0 Å². The fourth-order valence-electron chi connectivity index (χ4n) is 0.495. The number of thiocarbonyl (C=S) groups is 1. The maximum Gasteiger partial charge on any atom is 0.254 e. The van der Waals surface area contributed by atoms with Crippen molar-refractivity contribution in [3.63, 3.8) is 0 Å². The number of rotatable bonds is 4. The van der Waals surface area contributed by atoms with Gasteiger partial charge in [-0.25, -0.2) is 0 Å². The van der Waals surface area contributed by atoms with Crippen molar-refractivity contribution in [3.05, 3.63) is 0 Å². The van der Waals surface area contributed by atoms with E-state index in [2.05, 4.69) is 17.1 Å². The highest BCUT2D eigenvalue weighted by atomic mass is 32.1. The highest BCUT2D eigenvalue weighted by Crippen LogP contribution is 1.93. The first kappa shape index (κ1) is 9.36. The van der Waals surface area contributed by atoms with Crippen molar-refractivity contribution >= 4 is 23.7 Å². The van der Waals surface area contributed by atoms with Gasteiger partial charge in [-0.2, -0.15) is 5.06 Å². The number of hydrogen-bond donors (Lipinski definition) is 0. The molecule has 0 atom stereocenters. The highest BCUT2D eigenvalue weighted by Gasteiger charge is 2.05. The molecule has 0 aliphatic heterocycles. The van der Waals surface area contributed by atoms with E-state index in [1.807, 2.05) is 6.92 Å². The predicted octanol–water partition coefficient (Wildman–Crippen LogP) is 1.13. The van der Waals surface area contributed by atoms with Gasteiger partial charge in [-0.05, 0) is 18.6 Å². The lowest BCUT2D eigenvalue weighted by Gasteiger charge is -2.12. The predicted molar refractivity (Wildman–Crippen MR) is 42.4 cm³/mol. The third-order valence-corrected chi connectivity index (χ3v) is 1.10. The number of hydrogen-bond acceptors (Lipinski definition) is 3. The van der Waals surface area contributed by atoms with Crippen LogP contribution < -0.4 is 0 Å². The standard InChI is InChI=1S/C6H11NO2S/c1-3-4-6(8)7(2)9-5-10/h5H,3-4H2,1-2H3. The van der Waals surface area contributed by atoms with Crippen LogP contribution in [0.3, 0.4) is 0 Å². The molecule has 0 spiro atoms. The monoisotopic (exact) mass is 161 g/mol. The maximum atomic E-state index is 10.9. The van der Waals surface area contributed by atoms with Gasteiger partial charge in [-0.15, -0.1) is 0 Å². The molecular weight excluding hydrogens is 150 g/mol. The van der Waals surface area contributed by atoms with Crippen LogP contribution in [0.25, 0.3) is 0 Å². The summed E-state index contributed by atoms with van der Waals surface area (Å²) >= 11 is 4.39. The van der Waals surface area contributed by atoms with Gasteiger partial charge >= 0.3 is 0 Å². The zero-order valence-electron chi connectivity index (χ0n) is 6.16. The molecule has 0 N–H and O–H groups in total. The molecule has 0 radical (unpaired) electrons. The molecule has 10 heavy (non-hydrogen) atoms. The van der Waals surface area contributed by atoms with Gasteiger partial charge in [0.1, 0.15) is 0 Å². The first-order valence-corrected chi connectivity index (χ1v) is 3.56. The first-order chi connectivity index (χ1) is 4.72. The molecule has 58 valence electrons. The molecular formula is C6H11NO2S. The average molecular weight is 161 g/mol. The first-order valence-electron chi connectivity index (χ1n) is 3.09. The molecule has 0 saturated heterocycles. The number of nitrogens with zero attached hydrogens (tertiary/aromatic N) is 1. The van der Waals surface area contributed by atoms with E-state index >= 15 is 0 Å². The zero-order valence-corrected chi connectivity index (χ0v) is 6.98. The fourth-order valence-corrected chi connectivity index (χ4v) is 0.624. The van der Waals surface area contributed by atoms with Crippen molar-refractivity contribution in [3.8, 4) is 0 Å². The highest BCUT2D eigenvalue weighted by molar-refractivity contribution is 7.78. The lowest BCUT2D eigenvalue weighted by molar-refractivity contribution is -0.153. The van der Waals surface area contributed by atoms with E-state index in [1.54, 1.807) is 7.05 Å². The SMILES string of the molecule is CCCC(=O)N(C)OC=S. The summed E-state index contributed by atoms with van der Waals surface area (Å²) in [5.74, 6) is -0.0522. The molecule has 0 saturated carbocycles. The summed E-state index contributed by atoms with van der Waals surface area (Å²) in [4.78, 5) is 15.5. The van der Waals surface area contributed by atoms with Gasteiger partial charge in [0.25, 0.3) is 5.91 Å². The van der Waals surface area contributed by atoms with Gasteiger partial charge in [0, 0.05) is 13.5 Å². The molecule has 0 aromatic rings. The average Bonchev–Trinajstić information content (AvgIpc) is 1.89. The molecule has 0 bridgehead atoms. The minimum Gasteiger partial charge on any atom is -0.373 e. The van der Waals surface area contributed by atoms with Crippen LogP contribution in [-0.2, 0) is 9.63 Å². The van der Waals surface area contributed by atoms with Gasteiger partial charge in [0.15, 0.2) is 5.55 Å². The molecule has 0 unspecified atom stereocenters. The van der Waals surface area contributed by atoms with Gasteiger partial charge in [0.2, 0.25) is 0 Å². The molecule has 0 aromatic heterocycles. The molecule has 1 amide bonds. The van der Waals surface area contributed by atoms with Gasteiger partial charge in [-0.3, -0.25) is 4.79 Å². The smallest absolute Gasteiger partial charge is 0.254 e. The van der Waals surface area contributed by atoms with E-state index < -0.39 is 0 Å². The molecule has 0 fully saturated rings. The summed E-state index contributed by atoms with van der Waals surface area (Å²) in [6.45, 7) is 1.93. The van der Waals surface area contributed by atoms with Gasteiger partial charge < -0.3 is 4.84 Å². The van der Waals surface area contributed by atoms with Gasteiger partial charge in [-0.1, -0.05) is 6.92 Å². The second-order valence-electron chi connectivity index (χ2n) is 1.84. The normalized spacial score (nSPS) is 8.60. The number of hydroxylamine groups is 2. The van der Waals surface area contributed by atoms with Crippen molar-refractivity contribution in [2.75, 3.05) is 7.05 Å². The van der Waals surface area contributed by atoms with Crippen LogP contribution in [0.5, 0.6) is 0 Å². The summed E-state index contributed by atoms with van der Waals surface area (Å²) in [6.07, 6.45) is 1.32. The Morgan fingerprint density at radius 2 is 2.40 bits per heavy atom. The Hall–Kier alpha value is -0.640. The Balaban J connectivity index is 3.58. The van der Waals surface area contributed by atoms with Crippen molar-refractivity contribution in [1.82, 2.24) is 5.06 Å². The summed E-state index contributed by atoms with van der Waals surface area (Å²) in [6, 6.07) is 0. The van der Waals surface area contributed by atoms with Crippen LogP contribution in [0.4, 0.5) is 0 Å². The number of amides is 1. The van der Waals surface area contributed by atoms with E-state index in [9.17, 15) is 4.79 Å². The maximum absolute atomic E-state index is 10.9. The molecule has 0 rings (SSSR count). The molecule has 0 aliphatic carbocycles. The summed E-state index contributed by atoms with van der Waals surface area (Å²) in [5.41, 5.74) is 1.06. The lowest BCUT2D eigenvalue weighted by atomic mass is 10.3. The Kier molecular flexibility index (Phi) is 4.84. The fraction of sp³-hybridized carbons (Fsp3) is 0.667. The van der Waals surface area contributed by atoms with E-state index in [0.717, 1.165) is 17.0 Å². The quantitative estimate of drug-likeness (QED) is 0.457. The minimum absolute atomic E-state index is 0.0522. The van der Waals surface area contributed by atoms with Crippen molar-refractivity contribution in [2.24, 2.45) is 0 Å². The van der Waals surface area contributed by atoms with Crippen molar-refractivity contribution < 1.29 is 9.63 Å². The second-order valence-corrected chi connectivity index (χ2v) is 2.04. The molecule has 0 aromatic carbocycles. The van der Waals surface area contributed by atoms with E-state index in [1.165, 1.54) is 0 Å². The molecule has 0 heterocycles. The van der Waals surface area contributed by atoms with Crippen molar-refractivity contribution in [1.29, 1.82) is 0 Å². The molecule has 3 nitrogen and oxygen atoms in total. The Morgan fingerprint density at radius 1 is 1.80 bits per heavy atom. The Bertz CT molecular complexity index is 127. The number of carbonyl (C=O) groups is 1. The van der Waals surface area contributed by atoms with Crippen LogP contribution in [0.2, 0.25) is 0 Å². The summed E-state index contributed by atoms with van der Waals surface area (Å²) in [5, 5.41) is 1.14. The summed E-state index contributed by atoms with van der Waals surface area (Å²) in [7, 11) is 1.54. The lowest BCUT2D eigenvalue weighted by Crippen LogP contribution is -2.25. The number of carbonyl (C=O) groups excluding carboxylic acids is 1. The van der Waals surface area contributed by atoms with Crippen LogP contribution in [0.15, 0.2) is 0 Å². The largest absolute Gasteiger partial charge is 0.373 e. The third kappa shape index (κ3) is 3.40. The zero-order chi connectivity index (χ0) is 7.98. The minimum atomic E-state index is -0.0522. The molecule has 4 heteroatoms. The van der Waals surface area contributed by atoms with E-state index in [0.29, 0.717) is 6.42 Å². The Labute approximate surface area is 65.9 Å². The van der Waals surface area contributed by atoms with Crippen LogP contribution in [0.1, 0.15) is 19.8 Å². The topological polar surface area (TPSA) is 29.5 Å². The van der Waals surface area contributed by atoms with E-state index in [-0.39, 0.29) is 5.91 Å². The third-order valence-electron chi connectivity index (χ3n) is 1.02. The molecule has 0 aliphatic rings. The van der Waals surface area contributed by atoms with Crippen molar-refractivity contribution in [2.45, 2.75) is 19.8 Å². The van der Waals surface area contributed by atoms with Gasteiger partial charge in [0.05, 0.1) is 0 Å². The second kappa shape index (κ2) is 5.17. The Morgan fingerprint density at radius 3 is 2.80 bits per heavy atom. The van der Waals surface area contributed by atoms with Crippen LogP contribution >= 0.6 is 12.2 Å². The van der Waals surface area contributed by atoms with Crippen LogP contribution in [0, 0.1) is 0 Å². The van der Waals surface area contributed by atoms with Crippen LogP contribution in [-0.4, -0.2) is 23.6 Å². The summed E-state index contributed by atoms with van der Waals surface area (Å²) < 4.78 is 0.